The van der Waals surface area contributed by atoms with Gasteiger partial charge in [-0.3, -0.25) is 0 Å². The van der Waals surface area contributed by atoms with Crippen molar-refractivity contribution >= 4 is 17.1 Å². The monoisotopic (exact) mass is 261 g/mol. The van der Waals surface area contributed by atoms with E-state index in [1.54, 1.807) is 12.1 Å². The van der Waals surface area contributed by atoms with E-state index >= 15 is 0 Å². The first kappa shape index (κ1) is 12.2. The fraction of sp³-hybridized carbons (Fsp3) is 0.429. The maximum absolute atomic E-state index is 11.1. The van der Waals surface area contributed by atoms with Gasteiger partial charge in [-0.05, 0) is 31.4 Å². The number of carboxylic acid groups (broad SMARTS) is 1. The van der Waals surface area contributed by atoms with Crippen LogP contribution in [0.1, 0.15) is 35.5 Å². The van der Waals surface area contributed by atoms with E-state index in [4.69, 9.17) is 14.3 Å². The van der Waals surface area contributed by atoms with Crippen LogP contribution in [0.5, 0.6) is 0 Å². The number of nitrogens with zero attached hydrogens (tertiary/aromatic N) is 1. The molecule has 1 fully saturated rings. The number of ether oxygens (including phenoxy) is 1. The predicted octanol–water partition coefficient (Wildman–Crippen LogP) is 2.64. The van der Waals surface area contributed by atoms with Crippen LogP contribution in [0.25, 0.3) is 11.1 Å². The lowest BCUT2D eigenvalue weighted by atomic mass is 10.1. The van der Waals surface area contributed by atoms with Crippen LogP contribution in [0, 0.1) is 0 Å². The largest absolute Gasteiger partial charge is 0.478 e. The van der Waals surface area contributed by atoms with Gasteiger partial charge in [0.2, 0.25) is 0 Å². The molecular weight excluding hydrogens is 246 g/mol. The van der Waals surface area contributed by atoms with Crippen LogP contribution in [-0.4, -0.2) is 28.8 Å². The zero-order chi connectivity index (χ0) is 13.2. The molecule has 1 aromatic heterocycles. The van der Waals surface area contributed by atoms with E-state index < -0.39 is 5.97 Å². The van der Waals surface area contributed by atoms with Crippen molar-refractivity contribution in [2.45, 2.75) is 31.8 Å². The van der Waals surface area contributed by atoms with Crippen molar-refractivity contribution < 1.29 is 19.1 Å². The van der Waals surface area contributed by atoms with Crippen LogP contribution < -0.4 is 0 Å². The van der Waals surface area contributed by atoms with Crippen LogP contribution in [0.4, 0.5) is 0 Å². The Morgan fingerprint density at radius 1 is 1.42 bits per heavy atom. The smallest absolute Gasteiger partial charge is 0.339 e. The molecule has 5 nitrogen and oxygen atoms in total. The van der Waals surface area contributed by atoms with Gasteiger partial charge < -0.3 is 14.3 Å². The average Bonchev–Trinajstić information content (AvgIpc) is 2.81. The Labute approximate surface area is 110 Å². The molecule has 0 saturated carbocycles. The minimum Gasteiger partial charge on any atom is -0.478 e. The van der Waals surface area contributed by atoms with Gasteiger partial charge in [0.25, 0.3) is 0 Å². The van der Waals surface area contributed by atoms with E-state index in [-0.39, 0.29) is 11.7 Å². The maximum Gasteiger partial charge on any atom is 0.339 e. The molecule has 100 valence electrons. The van der Waals surface area contributed by atoms with Gasteiger partial charge in [-0.15, -0.1) is 0 Å². The van der Waals surface area contributed by atoms with E-state index in [9.17, 15) is 4.79 Å². The third kappa shape index (κ3) is 2.46. The van der Waals surface area contributed by atoms with Gasteiger partial charge in [0, 0.05) is 6.61 Å². The highest BCUT2D eigenvalue weighted by Crippen LogP contribution is 2.23. The minimum atomic E-state index is -0.998. The molecule has 19 heavy (non-hydrogen) atoms. The molecule has 5 heteroatoms. The summed E-state index contributed by atoms with van der Waals surface area (Å²) in [7, 11) is 0. The lowest BCUT2D eigenvalue weighted by Gasteiger charge is -2.20. The Balaban J connectivity index is 1.88. The summed E-state index contributed by atoms with van der Waals surface area (Å²) < 4.78 is 11.2. The number of para-hydroxylation sites is 1. The number of hydrogen-bond donors (Lipinski definition) is 1. The fourth-order valence-electron chi connectivity index (χ4n) is 2.41. The van der Waals surface area contributed by atoms with E-state index in [0.717, 1.165) is 25.9 Å². The second kappa shape index (κ2) is 5.01. The van der Waals surface area contributed by atoms with Crippen molar-refractivity contribution in [1.82, 2.24) is 4.98 Å². The van der Waals surface area contributed by atoms with Crippen molar-refractivity contribution in [2.24, 2.45) is 0 Å². The summed E-state index contributed by atoms with van der Waals surface area (Å²) in [5, 5.41) is 9.10. The highest BCUT2D eigenvalue weighted by atomic mass is 16.5. The lowest BCUT2D eigenvalue weighted by Crippen LogP contribution is -2.21. The number of oxazole rings is 1. The van der Waals surface area contributed by atoms with E-state index in [0.29, 0.717) is 23.4 Å². The first-order valence-electron chi connectivity index (χ1n) is 6.47. The van der Waals surface area contributed by atoms with Crippen LogP contribution in [-0.2, 0) is 11.2 Å². The molecule has 1 saturated heterocycles. The number of carboxylic acids is 1. The van der Waals surface area contributed by atoms with Crippen LogP contribution in [0.3, 0.4) is 0 Å². The number of rotatable bonds is 3. The Morgan fingerprint density at radius 3 is 3.05 bits per heavy atom. The molecule has 0 bridgehead atoms. The van der Waals surface area contributed by atoms with Gasteiger partial charge in [-0.1, -0.05) is 6.07 Å². The van der Waals surface area contributed by atoms with Crippen molar-refractivity contribution in [3.8, 4) is 0 Å². The highest BCUT2D eigenvalue weighted by Gasteiger charge is 2.19. The first-order valence-corrected chi connectivity index (χ1v) is 6.47. The second-order valence-electron chi connectivity index (χ2n) is 4.76. The molecule has 0 aliphatic carbocycles. The van der Waals surface area contributed by atoms with Gasteiger partial charge in [-0.2, -0.15) is 0 Å². The number of fused-ring (bicyclic) bond motifs is 1. The summed E-state index contributed by atoms with van der Waals surface area (Å²) in [4.78, 5) is 15.4. The lowest BCUT2D eigenvalue weighted by molar-refractivity contribution is 0.0134. The molecule has 1 atom stereocenters. The van der Waals surface area contributed by atoms with Gasteiger partial charge in [0.05, 0.1) is 12.5 Å². The van der Waals surface area contributed by atoms with Gasteiger partial charge in [0.1, 0.15) is 11.1 Å². The van der Waals surface area contributed by atoms with E-state index in [1.165, 1.54) is 6.07 Å². The molecular formula is C14H15NO4. The molecule has 2 aromatic rings. The summed E-state index contributed by atoms with van der Waals surface area (Å²) in [5.74, 6) is -0.446. The van der Waals surface area contributed by atoms with Crippen molar-refractivity contribution in [1.29, 1.82) is 0 Å². The molecule has 1 aliphatic rings. The summed E-state index contributed by atoms with van der Waals surface area (Å²) in [6.45, 7) is 0.783. The molecule has 1 unspecified atom stereocenters. The Morgan fingerprint density at radius 2 is 2.32 bits per heavy atom. The molecule has 0 radical (unpaired) electrons. The normalized spacial score (nSPS) is 19.7. The third-order valence-electron chi connectivity index (χ3n) is 3.37. The summed E-state index contributed by atoms with van der Waals surface area (Å²) in [5.41, 5.74) is 1.09. The topological polar surface area (TPSA) is 72.6 Å². The molecule has 0 amide bonds. The molecule has 1 aromatic carbocycles. The van der Waals surface area contributed by atoms with E-state index in [2.05, 4.69) is 4.98 Å². The highest BCUT2D eigenvalue weighted by molar-refractivity contribution is 5.99. The first-order chi connectivity index (χ1) is 9.24. The molecule has 3 rings (SSSR count). The van der Waals surface area contributed by atoms with E-state index in [1.807, 2.05) is 0 Å². The summed E-state index contributed by atoms with van der Waals surface area (Å²) >= 11 is 0. The summed E-state index contributed by atoms with van der Waals surface area (Å²) in [6.07, 6.45) is 4.01. The maximum atomic E-state index is 11.1. The quantitative estimate of drug-likeness (QED) is 0.919. The van der Waals surface area contributed by atoms with Gasteiger partial charge in [-0.25, -0.2) is 9.78 Å². The zero-order valence-corrected chi connectivity index (χ0v) is 10.5. The molecule has 1 aliphatic heterocycles. The average molecular weight is 261 g/mol. The number of aromatic carboxylic acids is 1. The van der Waals surface area contributed by atoms with Gasteiger partial charge >= 0.3 is 5.97 Å². The minimum absolute atomic E-state index is 0.134. The molecule has 1 N–H and O–H groups in total. The summed E-state index contributed by atoms with van der Waals surface area (Å²) in [6, 6.07) is 4.96. The third-order valence-corrected chi connectivity index (χ3v) is 3.37. The number of hydrogen-bond acceptors (Lipinski definition) is 4. The molecule has 2 heterocycles. The van der Waals surface area contributed by atoms with Crippen molar-refractivity contribution in [3.05, 3.63) is 29.7 Å². The zero-order valence-electron chi connectivity index (χ0n) is 10.5. The Bertz CT molecular complexity index is 599. The molecule has 0 spiro atoms. The number of benzene rings is 1. The Hall–Kier alpha value is -1.88. The van der Waals surface area contributed by atoms with Crippen LogP contribution >= 0.6 is 0 Å². The van der Waals surface area contributed by atoms with Gasteiger partial charge in [0.15, 0.2) is 11.5 Å². The number of carbonyl (C=O) groups is 1. The van der Waals surface area contributed by atoms with Crippen LogP contribution in [0.2, 0.25) is 0 Å². The fourth-order valence-corrected chi connectivity index (χ4v) is 2.41. The Kier molecular flexibility index (Phi) is 3.21. The van der Waals surface area contributed by atoms with Crippen molar-refractivity contribution in [3.63, 3.8) is 0 Å². The standard InChI is InChI=1S/C14H15NO4/c16-14(17)10-5-3-6-11-13(10)19-12(15-11)8-9-4-1-2-7-18-9/h3,5-6,9H,1-2,4,7-8H2,(H,16,17). The SMILES string of the molecule is O=C(O)c1cccc2nc(CC3CCCCO3)oc12. The number of aromatic nitrogens is 1. The van der Waals surface area contributed by atoms with Crippen LogP contribution in [0.15, 0.2) is 22.6 Å². The predicted molar refractivity (Wildman–Crippen MR) is 68.3 cm³/mol. The van der Waals surface area contributed by atoms with Crippen molar-refractivity contribution in [2.75, 3.05) is 6.61 Å². The second-order valence-corrected chi connectivity index (χ2v) is 4.76.